The zero-order valence-electron chi connectivity index (χ0n) is 11.5. The largest absolute Gasteiger partial charge is 0.480 e. The highest BCUT2D eigenvalue weighted by molar-refractivity contribution is 9.10. The number of carbonyl (C=O) groups excluding carboxylic acids is 1. The Morgan fingerprint density at radius 3 is 2.71 bits per heavy atom. The van der Waals surface area contributed by atoms with Crippen LogP contribution in [0.4, 0.5) is 5.69 Å². The van der Waals surface area contributed by atoms with E-state index in [0.717, 1.165) is 31.5 Å². The van der Waals surface area contributed by atoms with Gasteiger partial charge in [0.05, 0.1) is 5.69 Å². The van der Waals surface area contributed by atoms with Crippen LogP contribution in [0, 0.1) is 11.8 Å². The minimum Gasteiger partial charge on any atom is -0.480 e. The minimum atomic E-state index is -0.768. The number of rotatable bonds is 3. The number of anilines is 1. The van der Waals surface area contributed by atoms with Crippen molar-refractivity contribution < 1.29 is 14.7 Å². The average molecular weight is 353 g/mol. The molecule has 6 heteroatoms. The van der Waals surface area contributed by atoms with E-state index < -0.39 is 17.9 Å². The number of nitrogens with zero attached hydrogens (tertiary/aromatic N) is 1. The number of benzene rings is 1. The lowest BCUT2D eigenvalue weighted by Gasteiger charge is -2.27. The van der Waals surface area contributed by atoms with Crippen molar-refractivity contribution in [3.8, 4) is 0 Å². The van der Waals surface area contributed by atoms with Crippen molar-refractivity contribution in [2.45, 2.75) is 25.3 Å². The lowest BCUT2D eigenvalue weighted by atomic mass is 9.94. The van der Waals surface area contributed by atoms with Crippen LogP contribution in [0.2, 0.25) is 0 Å². The predicted octanol–water partition coefficient (Wildman–Crippen LogP) is 2.24. The maximum absolute atomic E-state index is 11.7. The zero-order chi connectivity index (χ0) is 15.1. The molecular formula is C15H17BrN2O3. The first-order valence-electron chi connectivity index (χ1n) is 7.08. The molecule has 0 radical (unpaired) electrons. The lowest BCUT2D eigenvalue weighted by Crippen LogP contribution is -2.39. The summed E-state index contributed by atoms with van der Waals surface area (Å²) < 4.78 is 0.713. The summed E-state index contributed by atoms with van der Waals surface area (Å²) in [5, 5.41) is 9.59. The number of aliphatic carboxylic acids is 1. The Labute approximate surface area is 131 Å². The molecule has 1 amide bonds. The van der Waals surface area contributed by atoms with Crippen molar-refractivity contribution in [1.82, 2.24) is 0 Å². The van der Waals surface area contributed by atoms with Crippen LogP contribution in [0.3, 0.4) is 0 Å². The van der Waals surface area contributed by atoms with E-state index in [0.29, 0.717) is 16.0 Å². The number of halogens is 1. The van der Waals surface area contributed by atoms with Crippen molar-refractivity contribution >= 4 is 33.5 Å². The van der Waals surface area contributed by atoms with Crippen LogP contribution in [-0.4, -0.2) is 29.6 Å². The molecule has 1 aliphatic carbocycles. The van der Waals surface area contributed by atoms with Gasteiger partial charge in [-0.2, -0.15) is 0 Å². The van der Waals surface area contributed by atoms with E-state index in [1.807, 2.05) is 4.90 Å². The summed E-state index contributed by atoms with van der Waals surface area (Å²) in [6, 6.07) is 4.61. The van der Waals surface area contributed by atoms with Crippen LogP contribution in [0.25, 0.3) is 0 Å². The Kier molecular flexibility index (Phi) is 3.65. The number of nitrogens with two attached hydrogens (primary N) is 1. The first kappa shape index (κ1) is 14.4. The molecule has 3 atom stereocenters. The fourth-order valence-corrected chi connectivity index (χ4v) is 4.37. The fraction of sp³-hybridized carbons (Fsp3) is 0.467. The number of carbonyl (C=O) groups is 2. The van der Waals surface area contributed by atoms with Gasteiger partial charge in [-0.1, -0.05) is 6.42 Å². The summed E-state index contributed by atoms with van der Waals surface area (Å²) in [4.78, 5) is 24.8. The van der Waals surface area contributed by atoms with E-state index in [9.17, 15) is 14.7 Å². The van der Waals surface area contributed by atoms with Gasteiger partial charge < -0.3 is 15.7 Å². The molecule has 1 saturated carbocycles. The van der Waals surface area contributed by atoms with Crippen LogP contribution in [0.1, 0.15) is 29.6 Å². The molecule has 2 aliphatic rings. The molecule has 2 fully saturated rings. The van der Waals surface area contributed by atoms with Gasteiger partial charge in [0.15, 0.2) is 0 Å². The summed E-state index contributed by atoms with van der Waals surface area (Å²) in [6.07, 6.45) is 3.20. The predicted molar refractivity (Wildman–Crippen MR) is 82.3 cm³/mol. The van der Waals surface area contributed by atoms with Gasteiger partial charge in [0, 0.05) is 16.6 Å². The SMILES string of the molecule is NC(=O)c1ccc(N2CC3CCCC3C2C(=O)O)c(Br)c1. The number of fused-ring (bicyclic) bond motifs is 1. The molecule has 3 unspecified atom stereocenters. The van der Waals surface area contributed by atoms with Crippen LogP contribution >= 0.6 is 15.9 Å². The van der Waals surface area contributed by atoms with Crippen molar-refractivity contribution in [3.05, 3.63) is 28.2 Å². The quantitative estimate of drug-likeness (QED) is 0.873. The van der Waals surface area contributed by atoms with Crippen LogP contribution in [-0.2, 0) is 4.79 Å². The first-order valence-corrected chi connectivity index (χ1v) is 7.87. The maximum Gasteiger partial charge on any atom is 0.326 e. The standard InChI is InChI=1S/C15H17BrN2O3/c16-11-6-8(14(17)19)4-5-12(11)18-7-9-2-1-3-10(9)13(18)15(20)21/h4-6,9-10,13H,1-3,7H2,(H2,17,19)(H,20,21). The van der Waals surface area contributed by atoms with Gasteiger partial charge in [-0.15, -0.1) is 0 Å². The number of hydrogen-bond acceptors (Lipinski definition) is 3. The molecule has 0 spiro atoms. The van der Waals surface area contributed by atoms with Gasteiger partial charge in [0.1, 0.15) is 6.04 Å². The number of amides is 1. The van der Waals surface area contributed by atoms with Gasteiger partial charge in [0.25, 0.3) is 0 Å². The zero-order valence-corrected chi connectivity index (χ0v) is 13.0. The molecule has 0 aromatic heterocycles. The van der Waals surface area contributed by atoms with Gasteiger partial charge in [-0.05, 0) is 58.8 Å². The molecule has 0 bridgehead atoms. The fourth-order valence-electron chi connectivity index (χ4n) is 3.76. The Hall–Kier alpha value is -1.56. The lowest BCUT2D eigenvalue weighted by molar-refractivity contribution is -0.139. The van der Waals surface area contributed by atoms with Crippen LogP contribution in [0.15, 0.2) is 22.7 Å². The average Bonchev–Trinajstić information content (AvgIpc) is 2.97. The van der Waals surface area contributed by atoms with Crippen LogP contribution in [0.5, 0.6) is 0 Å². The first-order chi connectivity index (χ1) is 9.99. The van der Waals surface area contributed by atoms with Gasteiger partial charge >= 0.3 is 5.97 Å². The van der Waals surface area contributed by atoms with E-state index in [1.165, 1.54) is 0 Å². The second-order valence-electron chi connectivity index (χ2n) is 5.82. The Bertz CT molecular complexity index is 605. The molecule has 21 heavy (non-hydrogen) atoms. The minimum absolute atomic E-state index is 0.227. The van der Waals surface area contributed by atoms with E-state index >= 15 is 0 Å². The van der Waals surface area contributed by atoms with E-state index in [4.69, 9.17) is 5.73 Å². The van der Waals surface area contributed by atoms with Crippen molar-refractivity contribution in [1.29, 1.82) is 0 Å². The highest BCUT2D eigenvalue weighted by atomic mass is 79.9. The van der Waals surface area contributed by atoms with Crippen molar-refractivity contribution in [2.75, 3.05) is 11.4 Å². The number of carboxylic acid groups (broad SMARTS) is 1. The smallest absolute Gasteiger partial charge is 0.326 e. The molecule has 1 aliphatic heterocycles. The molecule has 1 saturated heterocycles. The molecular weight excluding hydrogens is 336 g/mol. The summed E-state index contributed by atoms with van der Waals surface area (Å²) in [5.74, 6) is -0.579. The Balaban J connectivity index is 1.96. The topological polar surface area (TPSA) is 83.6 Å². The monoisotopic (exact) mass is 352 g/mol. The van der Waals surface area contributed by atoms with Gasteiger partial charge in [-0.3, -0.25) is 4.79 Å². The van der Waals surface area contributed by atoms with E-state index in [1.54, 1.807) is 18.2 Å². The Morgan fingerprint density at radius 2 is 2.10 bits per heavy atom. The molecule has 3 N–H and O–H groups in total. The Morgan fingerprint density at radius 1 is 1.33 bits per heavy atom. The third kappa shape index (κ3) is 2.41. The third-order valence-corrected chi connectivity index (χ3v) is 5.32. The van der Waals surface area contributed by atoms with E-state index in [-0.39, 0.29) is 5.92 Å². The highest BCUT2D eigenvalue weighted by Crippen LogP contribution is 2.45. The summed E-state index contributed by atoms with van der Waals surface area (Å²) in [5.41, 5.74) is 6.50. The van der Waals surface area contributed by atoms with Crippen molar-refractivity contribution in [3.63, 3.8) is 0 Å². The summed E-state index contributed by atoms with van der Waals surface area (Å²) in [6.45, 7) is 0.760. The van der Waals surface area contributed by atoms with Crippen molar-refractivity contribution in [2.24, 2.45) is 17.6 Å². The van der Waals surface area contributed by atoms with Gasteiger partial charge in [0.2, 0.25) is 5.91 Å². The normalized spacial score (nSPS) is 27.7. The number of primary amides is 1. The molecule has 1 aromatic rings. The van der Waals surface area contributed by atoms with E-state index in [2.05, 4.69) is 15.9 Å². The second-order valence-corrected chi connectivity index (χ2v) is 6.68. The van der Waals surface area contributed by atoms with Gasteiger partial charge in [-0.25, -0.2) is 4.79 Å². The van der Waals surface area contributed by atoms with Crippen LogP contribution < -0.4 is 10.6 Å². The summed E-state index contributed by atoms with van der Waals surface area (Å²) >= 11 is 3.44. The molecule has 3 rings (SSSR count). The number of carboxylic acids is 1. The summed E-state index contributed by atoms with van der Waals surface area (Å²) in [7, 11) is 0. The highest BCUT2D eigenvalue weighted by Gasteiger charge is 2.48. The number of hydrogen-bond donors (Lipinski definition) is 2. The molecule has 112 valence electrons. The molecule has 1 aromatic carbocycles. The maximum atomic E-state index is 11.7. The molecule has 1 heterocycles. The second kappa shape index (κ2) is 5.33. The third-order valence-electron chi connectivity index (χ3n) is 4.69. The molecule has 5 nitrogen and oxygen atoms in total.